The van der Waals surface area contributed by atoms with Gasteiger partial charge in [0, 0.05) is 6.20 Å². The highest BCUT2D eigenvalue weighted by molar-refractivity contribution is 5.76. The smallest absolute Gasteiger partial charge is 0.339 e. The molecule has 1 aromatic rings. The molecule has 0 amide bonds. The minimum atomic E-state index is -1.36. The number of pyridine rings is 1. The summed E-state index contributed by atoms with van der Waals surface area (Å²) in [5.41, 5.74) is 0.293. The van der Waals surface area contributed by atoms with Crippen LogP contribution in [0, 0.1) is 0 Å². The van der Waals surface area contributed by atoms with Gasteiger partial charge in [0.25, 0.3) is 0 Å². The molecule has 0 radical (unpaired) electrons. The number of hydrogen-bond acceptors (Lipinski definition) is 5. The molecule has 0 bridgehead atoms. The molecule has 0 aliphatic rings. The number of ether oxygens (including phenoxy) is 2. The van der Waals surface area contributed by atoms with Crippen molar-refractivity contribution in [2.24, 2.45) is 0 Å². The number of esters is 1. The predicted octanol–water partition coefficient (Wildman–Crippen LogP) is 0.297. The minimum absolute atomic E-state index is 0.213. The molecule has 5 heteroatoms. The lowest BCUT2D eigenvalue weighted by molar-refractivity contribution is -0.150. The van der Waals surface area contributed by atoms with Gasteiger partial charge in [-0.2, -0.15) is 0 Å². The average molecular weight is 197 g/mol. The summed E-state index contributed by atoms with van der Waals surface area (Å²) in [5.74, 6) is -0.526. The maximum absolute atomic E-state index is 11.0. The largest absolute Gasteiger partial charge is 0.481 e. The van der Waals surface area contributed by atoms with Gasteiger partial charge in [0.2, 0.25) is 5.88 Å². The maximum Gasteiger partial charge on any atom is 0.339 e. The van der Waals surface area contributed by atoms with Crippen molar-refractivity contribution in [2.45, 2.75) is 6.10 Å². The second-order valence-electron chi connectivity index (χ2n) is 2.53. The van der Waals surface area contributed by atoms with E-state index in [9.17, 15) is 9.90 Å². The Balaban J connectivity index is 2.99. The lowest BCUT2D eigenvalue weighted by Crippen LogP contribution is -2.14. The predicted molar refractivity (Wildman–Crippen MR) is 47.8 cm³/mol. The van der Waals surface area contributed by atoms with E-state index >= 15 is 0 Å². The number of aromatic nitrogens is 1. The number of carbonyl (C=O) groups excluding carboxylic acids is 1. The Labute approximate surface area is 81.3 Å². The van der Waals surface area contributed by atoms with E-state index in [0.29, 0.717) is 5.56 Å². The summed E-state index contributed by atoms with van der Waals surface area (Å²) in [7, 11) is 2.62. The lowest BCUT2D eigenvalue weighted by atomic mass is 10.1. The highest BCUT2D eigenvalue weighted by Gasteiger charge is 2.21. The molecule has 0 fully saturated rings. The summed E-state index contributed by atoms with van der Waals surface area (Å²) in [6, 6.07) is 3.15. The normalized spacial score (nSPS) is 11.9. The molecule has 0 aliphatic heterocycles. The number of aliphatic hydroxyl groups is 1. The third-order valence-corrected chi connectivity index (χ3v) is 1.71. The van der Waals surface area contributed by atoms with Crippen LogP contribution in [0.1, 0.15) is 11.7 Å². The Morgan fingerprint density at radius 3 is 2.86 bits per heavy atom. The van der Waals surface area contributed by atoms with Crippen LogP contribution in [0.5, 0.6) is 5.88 Å². The van der Waals surface area contributed by atoms with Crippen LogP contribution in [0.2, 0.25) is 0 Å². The Kier molecular flexibility index (Phi) is 3.41. The molecule has 0 spiro atoms. The Morgan fingerprint density at radius 2 is 2.29 bits per heavy atom. The zero-order valence-electron chi connectivity index (χ0n) is 7.93. The molecule has 0 aromatic carbocycles. The standard InChI is InChI=1S/C9H11NO4/c1-13-8-6(4-3-5-10-8)7(11)9(12)14-2/h3-5,7,11H,1-2H3. The molecular formula is C9H11NO4. The van der Waals surface area contributed by atoms with Gasteiger partial charge in [-0.25, -0.2) is 9.78 Å². The molecule has 1 aromatic heterocycles. The molecule has 0 aliphatic carbocycles. The zero-order valence-corrected chi connectivity index (χ0v) is 7.93. The zero-order chi connectivity index (χ0) is 10.6. The number of nitrogens with zero attached hydrogens (tertiary/aromatic N) is 1. The van der Waals surface area contributed by atoms with E-state index in [1.54, 1.807) is 12.1 Å². The molecule has 1 N–H and O–H groups in total. The number of aliphatic hydroxyl groups excluding tert-OH is 1. The molecule has 0 saturated heterocycles. The molecular weight excluding hydrogens is 186 g/mol. The molecule has 0 saturated carbocycles. The van der Waals surface area contributed by atoms with Crippen molar-refractivity contribution in [2.75, 3.05) is 14.2 Å². The fraction of sp³-hybridized carbons (Fsp3) is 0.333. The first-order valence-electron chi connectivity index (χ1n) is 3.95. The van der Waals surface area contributed by atoms with E-state index in [4.69, 9.17) is 4.74 Å². The average Bonchev–Trinajstić information content (AvgIpc) is 2.26. The minimum Gasteiger partial charge on any atom is -0.481 e. The van der Waals surface area contributed by atoms with Crippen molar-refractivity contribution >= 4 is 5.97 Å². The molecule has 76 valence electrons. The van der Waals surface area contributed by atoms with Crippen molar-refractivity contribution < 1.29 is 19.4 Å². The number of carbonyl (C=O) groups is 1. The van der Waals surface area contributed by atoms with Gasteiger partial charge in [0.15, 0.2) is 6.10 Å². The van der Waals surface area contributed by atoms with Crippen LogP contribution in [0.4, 0.5) is 0 Å². The first kappa shape index (κ1) is 10.5. The summed E-state index contributed by atoms with van der Waals surface area (Å²) in [4.78, 5) is 14.9. The van der Waals surface area contributed by atoms with Crippen molar-refractivity contribution in [1.82, 2.24) is 4.98 Å². The first-order chi connectivity index (χ1) is 6.70. The lowest BCUT2D eigenvalue weighted by Gasteiger charge is -2.10. The van der Waals surface area contributed by atoms with Crippen LogP contribution in [-0.2, 0) is 9.53 Å². The number of rotatable bonds is 3. The van der Waals surface area contributed by atoms with Gasteiger partial charge in [-0.15, -0.1) is 0 Å². The molecule has 1 rings (SSSR count). The maximum atomic E-state index is 11.0. The van der Waals surface area contributed by atoms with E-state index in [2.05, 4.69) is 9.72 Å². The van der Waals surface area contributed by atoms with Crippen LogP contribution in [0.3, 0.4) is 0 Å². The quantitative estimate of drug-likeness (QED) is 0.705. The third kappa shape index (κ3) is 2.00. The van der Waals surface area contributed by atoms with E-state index in [1.165, 1.54) is 20.4 Å². The van der Waals surface area contributed by atoms with Crippen LogP contribution in [0.25, 0.3) is 0 Å². The van der Waals surface area contributed by atoms with Crippen molar-refractivity contribution in [1.29, 1.82) is 0 Å². The number of methoxy groups -OCH3 is 2. The Hall–Kier alpha value is -1.62. The van der Waals surface area contributed by atoms with Crippen LogP contribution in [0.15, 0.2) is 18.3 Å². The second kappa shape index (κ2) is 4.57. The fourth-order valence-electron chi connectivity index (χ4n) is 1.02. The van der Waals surface area contributed by atoms with Crippen LogP contribution < -0.4 is 4.74 Å². The summed E-state index contributed by atoms with van der Waals surface area (Å²) in [6.45, 7) is 0. The van der Waals surface area contributed by atoms with Crippen molar-refractivity contribution in [3.63, 3.8) is 0 Å². The highest BCUT2D eigenvalue weighted by atomic mass is 16.5. The topological polar surface area (TPSA) is 68.7 Å². The van der Waals surface area contributed by atoms with Gasteiger partial charge in [0.05, 0.1) is 19.8 Å². The van der Waals surface area contributed by atoms with Gasteiger partial charge < -0.3 is 14.6 Å². The first-order valence-corrected chi connectivity index (χ1v) is 3.95. The Bertz CT molecular complexity index is 326. The van der Waals surface area contributed by atoms with E-state index < -0.39 is 12.1 Å². The van der Waals surface area contributed by atoms with Crippen LogP contribution in [-0.4, -0.2) is 30.3 Å². The van der Waals surface area contributed by atoms with Crippen LogP contribution >= 0.6 is 0 Å². The Morgan fingerprint density at radius 1 is 1.57 bits per heavy atom. The second-order valence-corrected chi connectivity index (χ2v) is 2.53. The van der Waals surface area contributed by atoms with Gasteiger partial charge in [0.1, 0.15) is 0 Å². The molecule has 1 unspecified atom stereocenters. The molecule has 1 heterocycles. The highest BCUT2D eigenvalue weighted by Crippen LogP contribution is 2.22. The van der Waals surface area contributed by atoms with Crippen molar-refractivity contribution in [3.8, 4) is 5.88 Å². The summed E-state index contributed by atoms with van der Waals surface area (Å²) >= 11 is 0. The van der Waals surface area contributed by atoms with Gasteiger partial charge in [-0.05, 0) is 12.1 Å². The van der Waals surface area contributed by atoms with Crippen molar-refractivity contribution in [3.05, 3.63) is 23.9 Å². The van der Waals surface area contributed by atoms with E-state index in [1.807, 2.05) is 0 Å². The molecule has 14 heavy (non-hydrogen) atoms. The van der Waals surface area contributed by atoms with Gasteiger partial charge in [-0.1, -0.05) is 0 Å². The molecule has 1 atom stereocenters. The summed E-state index contributed by atoms with van der Waals surface area (Å²) in [5, 5.41) is 9.51. The third-order valence-electron chi connectivity index (χ3n) is 1.71. The number of hydrogen-bond donors (Lipinski definition) is 1. The van der Waals surface area contributed by atoms with E-state index in [0.717, 1.165) is 0 Å². The monoisotopic (exact) mass is 197 g/mol. The fourth-order valence-corrected chi connectivity index (χ4v) is 1.02. The SMILES string of the molecule is COC(=O)C(O)c1cccnc1OC. The molecule has 5 nitrogen and oxygen atoms in total. The van der Waals surface area contributed by atoms with Gasteiger partial charge >= 0.3 is 5.97 Å². The summed E-state index contributed by atoms with van der Waals surface area (Å²) < 4.78 is 9.28. The van der Waals surface area contributed by atoms with E-state index in [-0.39, 0.29) is 5.88 Å². The van der Waals surface area contributed by atoms with Gasteiger partial charge in [-0.3, -0.25) is 0 Å². The summed E-state index contributed by atoms with van der Waals surface area (Å²) in [6.07, 6.45) is 0.149.